The van der Waals surface area contributed by atoms with Gasteiger partial charge in [-0.1, -0.05) is 34.8 Å². The Hall–Kier alpha value is -3.72. The van der Waals surface area contributed by atoms with Gasteiger partial charge in [-0.15, -0.1) is 5.10 Å². The topological polar surface area (TPSA) is 122 Å². The molecule has 4 N–H and O–H groups in total. The highest BCUT2D eigenvalue weighted by Gasteiger charge is 2.10. The van der Waals surface area contributed by atoms with Gasteiger partial charge in [0, 0.05) is 29.1 Å². The number of hydrogen-bond donors (Lipinski definition) is 2. The standard InChI is InChI=1S/C21H20N6O2S/c1-28-19-9-14(8-16-10-24-21(23)25-20(16)22)4-7-18(19)29-11-13-2-5-15(6-3-13)17-12-30-27-26-17/h2-7,9-10,12H,8,11H2,1H3,(H4,22,23,24,25). The monoisotopic (exact) mass is 420 g/mol. The minimum atomic E-state index is 0.161. The van der Waals surface area contributed by atoms with Gasteiger partial charge < -0.3 is 20.9 Å². The first kappa shape index (κ1) is 19.6. The van der Waals surface area contributed by atoms with E-state index in [1.807, 2.05) is 47.8 Å². The van der Waals surface area contributed by atoms with E-state index in [9.17, 15) is 0 Å². The Morgan fingerprint density at radius 1 is 1.00 bits per heavy atom. The summed E-state index contributed by atoms with van der Waals surface area (Å²) >= 11 is 1.33. The lowest BCUT2D eigenvalue weighted by atomic mass is 10.1. The highest BCUT2D eigenvalue weighted by molar-refractivity contribution is 7.03. The van der Waals surface area contributed by atoms with Crippen molar-refractivity contribution in [2.24, 2.45) is 0 Å². The molecule has 0 radical (unpaired) electrons. The predicted molar refractivity (Wildman–Crippen MR) is 116 cm³/mol. The largest absolute Gasteiger partial charge is 0.493 e. The second kappa shape index (κ2) is 8.75. The zero-order chi connectivity index (χ0) is 20.9. The van der Waals surface area contributed by atoms with Gasteiger partial charge in [0.15, 0.2) is 11.5 Å². The Labute approximate surface area is 177 Å². The molecule has 2 heterocycles. The summed E-state index contributed by atoms with van der Waals surface area (Å²) in [4.78, 5) is 8.00. The Morgan fingerprint density at radius 3 is 2.50 bits per heavy atom. The molecule has 0 aliphatic carbocycles. The van der Waals surface area contributed by atoms with Gasteiger partial charge in [0.05, 0.1) is 7.11 Å². The summed E-state index contributed by atoms with van der Waals surface area (Å²) in [5.74, 6) is 1.84. The van der Waals surface area contributed by atoms with E-state index in [-0.39, 0.29) is 5.95 Å². The van der Waals surface area contributed by atoms with Gasteiger partial charge >= 0.3 is 0 Å². The van der Waals surface area contributed by atoms with Gasteiger partial charge in [-0.25, -0.2) is 4.98 Å². The Morgan fingerprint density at radius 2 is 1.80 bits per heavy atom. The SMILES string of the molecule is COc1cc(Cc2cnc(N)nc2N)ccc1OCc1ccc(-c2csnn2)cc1. The van der Waals surface area contributed by atoms with E-state index < -0.39 is 0 Å². The van der Waals surface area contributed by atoms with Crippen molar-refractivity contribution in [3.8, 4) is 22.8 Å². The van der Waals surface area contributed by atoms with Crippen LogP contribution in [0.5, 0.6) is 11.5 Å². The number of nitrogens with zero attached hydrogens (tertiary/aromatic N) is 4. The second-order valence-corrected chi connectivity index (χ2v) is 7.19. The van der Waals surface area contributed by atoms with Gasteiger partial charge in [-0.05, 0) is 34.8 Å². The average Bonchev–Trinajstić information content (AvgIpc) is 3.30. The smallest absolute Gasteiger partial charge is 0.221 e. The fourth-order valence-electron chi connectivity index (χ4n) is 2.95. The summed E-state index contributed by atoms with van der Waals surface area (Å²) in [6.07, 6.45) is 2.20. The molecule has 0 fully saturated rings. The maximum absolute atomic E-state index is 5.97. The molecule has 0 bridgehead atoms. The number of anilines is 2. The maximum Gasteiger partial charge on any atom is 0.221 e. The van der Waals surface area contributed by atoms with Crippen LogP contribution in [0.25, 0.3) is 11.3 Å². The van der Waals surface area contributed by atoms with E-state index in [2.05, 4.69) is 19.6 Å². The van der Waals surface area contributed by atoms with Crippen molar-refractivity contribution in [3.63, 3.8) is 0 Å². The molecular weight excluding hydrogens is 400 g/mol. The van der Waals surface area contributed by atoms with Gasteiger partial charge in [0.2, 0.25) is 5.95 Å². The minimum absolute atomic E-state index is 0.161. The van der Waals surface area contributed by atoms with E-state index in [1.165, 1.54) is 11.5 Å². The van der Waals surface area contributed by atoms with Crippen LogP contribution in [0.3, 0.4) is 0 Å². The van der Waals surface area contributed by atoms with Crippen LogP contribution in [0.1, 0.15) is 16.7 Å². The van der Waals surface area contributed by atoms with Crippen LogP contribution >= 0.6 is 11.5 Å². The lowest BCUT2D eigenvalue weighted by molar-refractivity contribution is 0.284. The number of methoxy groups -OCH3 is 1. The van der Waals surface area contributed by atoms with E-state index >= 15 is 0 Å². The molecule has 0 amide bonds. The molecule has 0 aliphatic heterocycles. The number of hydrogen-bond acceptors (Lipinski definition) is 9. The van der Waals surface area contributed by atoms with E-state index in [1.54, 1.807) is 13.3 Å². The molecule has 8 nitrogen and oxygen atoms in total. The Balaban J connectivity index is 1.44. The van der Waals surface area contributed by atoms with E-state index in [0.29, 0.717) is 30.3 Å². The molecule has 30 heavy (non-hydrogen) atoms. The Bertz CT molecular complexity index is 1130. The molecule has 0 spiro atoms. The molecular formula is C21H20N6O2S. The van der Waals surface area contributed by atoms with Crippen LogP contribution in [0, 0.1) is 0 Å². The quantitative estimate of drug-likeness (QED) is 0.467. The van der Waals surface area contributed by atoms with Crippen LogP contribution in [-0.4, -0.2) is 26.7 Å². The second-order valence-electron chi connectivity index (χ2n) is 6.58. The van der Waals surface area contributed by atoms with Crippen LogP contribution < -0.4 is 20.9 Å². The normalized spacial score (nSPS) is 10.7. The van der Waals surface area contributed by atoms with Crippen LogP contribution in [0.4, 0.5) is 11.8 Å². The van der Waals surface area contributed by atoms with Gasteiger partial charge in [0.25, 0.3) is 0 Å². The van der Waals surface area contributed by atoms with Crippen LogP contribution in [-0.2, 0) is 13.0 Å². The zero-order valence-electron chi connectivity index (χ0n) is 16.3. The molecule has 0 saturated heterocycles. The lowest BCUT2D eigenvalue weighted by Crippen LogP contribution is -2.04. The lowest BCUT2D eigenvalue weighted by Gasteiger charge is -2.13. The molecule has 0 unspecified atom stereocenters. The number of aromatic nitrogens is 4. The summed E-state index contributed by atoms with van der Waals surface area (Å²) in [6, 6.07) is 13.8. The van der Waals surface area contributed by atoms with Crippen molar-refractivity contribution < 1.29 is 9.47 Å². The van der Waals surface area contributed by atoms with Gasteiger partial charge in [-0.2, -0.15) is 4.98 Å². The van der Waals surface area contributed by atoms with Crippen LogP contribution in [0.2, 0.25) is 0 Å². The van der Waals surface area contributed by atoms with Crippen molar-refractivity contribution in [1.29, 1.82) is 0 Å². The first-order chi connectivity index (χ1) is 14.6. The molecule has 9 heteroatoms. The maximum atomic E-state index is 5.97. The Kier molecular flexibility index (Phi) is 5.71. The molecule has 4 aromatic rings. The first-order valence-electron chi connectivity index (χ1n) is 9.15. The predicted octanol–water partition coefficient (Wildman–Crippen LogP) is 3.34. The highest BCUT2D eigenvalue weighted by Crippen LogP contribution is 2.30. The summed E-state index contributed by atoms with van der Waals surface area (Å²) in [5.41, 5.74) is 16.2. The molecule has 0 aliphatic rings. The number of ether oxygens (including phenoxy) is 2. The summed E-state index contributed by atoms with van der Waals surface area (Å²) in [7, 11) is 1.61. The molecule has 0 saturated carbocycles. The van der Waals surface area contributed by atoms with Gasteiger partial charge in [-0.3, -0.25) is 0 Å². The number of rotatable bonds is 7. The van der Waals surface area contributed by atoms with Crippen molar-refractivity contribution in [3.05, 3.63) is 70.7 Å². The molecule has 2 aromatic carbocycles. The summed E-state index contributed by atoms with van der Waals surface area (Å²) < 4.78 is 15.4. The van der Waals surface area contributed by atoms with Crippen molar-refractivity contribution in [2.45, 2.75) is 13.0 Å². The molecule has 4 rings (SSSR count). The molecule has 2 aromatic heterocycles. The van der Waals surface area contributed by atoms with E-state index in [0.717, 1.165) is 27.9 Å². The zero-order valence-corrected chi connectivity index (χ0v) is 17.1. The average molecular weight is 420 g/mol. The summed E-state index contributed by atoms with van der Waals surface area (Å²) in [5, 5.41) is 6.00. The number of nitrogen functional groups attached to an aromatic ring is 2. The van der Waals surface area contributed by atoms with Crippen molar-refractivity contribution >= 4 is 23.3 Å². The summed E-state index contributed by atoms with van der Waals surface area (Å²) in [6.45, 7) is 0.421. The van der Waals surface area contributed by atoms with Crippen molar-refractivity contribution in [2.75, 3.05) is 18.6 Å². The highest BCUT2D eigenvalue weighted by atomic mass is 32.1. The number of benzene rings is 2. The third-order valence-electron chi connectivity index (χ3n) is 4.54. The minimum Gasteiger partial charge on any atom is -0.493 e. The molecule has 0 atom stereocenters. The first-order valence-corrected chi connectivity index (χ1v) is 9.99. The fourth-order valence-corrected chi connectivity index (χ4v) is 3.42. The van der Waals surface area contributed by atoms with Gasteiger partial charge in [0.1, 0.15) is 18.1 Å². The van der Waals surface area contributed by atoms with E-state index in [4.69, 9.17) is 20.9 Å². The van der Waals surface area contributed by atoms with Crippen molar-refractivity contribution in [1.82, 2.24) is 19.6 Å². The van der Waals surface area contributed by atoms with Crippen LogP contribution in [0.15, 0.2) is 54.0 Å². The fraction of sp³-hybridized carbons (Fsp3) is 0.143. The number of nitrogens with two attached hydrogens (primary N) is 2. The molecule has 152 valence electrons. The third kappa shape index (κ3) is 4.47. The third-order valence-corrected chi connectivity index (χ3v) is 5.05.